The molecule has 2 amide bonds. The van der Waals surface area contributed by atoms with E-state index in [1.54, 1.807) is 30.9 Å². The lowest BCUT2D eigenvalue weighted by atomic mass is 9.86. The molecule has 0 aliphatic heterocycles. The maximum Gasteiger partial charge on any atom is 0.254 e. The summed E-state index contributed by atoms with van der Waals surface area (Å²) >= 11 is 0. The summed E-state index contributed by atoms with van der Waals surface area (Å²) in [5.74, 6) is -0.975. The zero-order valence-corrected chi connectivity index (χ0v) is 38.0. The number of amides is 2. The summed E-state index contributed by atoms with van der Waals surface area (Å²) in [7, 11) is 0. The largest absolute Gasteiger partial charge is 0.366 e. The van der Waals surface area contributed by atoms with Crippen molar-refractivity contribution < 1.29 is 24.1 Å². The summed E-state index contributed by atoms with van der Waals surface area (Å²) in [6.45, 7) is 34.0. The third kappa shape index (κ3) is 19.1. The highest BCUT2D eigenvalue weighted by molar-refractivity contribution is 5.92. The minimum absolute atomic E-state index is 0.00153. The van der Waals surface area contributed by atoms with Gasteiger partial charge in [0.2, 0.25) is 18.3 Å². The van der Waals surface area contributed by atoms with Crippen molar-refractivity contribution >= 4 is 11.8 Å². The standard InChI is InChI=1S/C11H16.C10H14N2O2.C10H14N2O.C9H14N.C8H12N2/c1-9-6-5-7-10(8-9)11(2,3)4;1-10(2,3)8-4-7(9(11)13)5-12(14)6-8;1-10(2,3)8-4-7(9(11)13)5-12-6-8;1-9(2,3)10-7-5-4-6-8-10;1-8(2,3)7-4-9-6-10-5-7/h5-8H,1-4H3;4-6H,1-3H3,(H2-,11,13,14);4-6H,1-3H3,(H2,11,13);4-8H,1-3H3;4-6H,1-3H3/q;;;+1;/p+1. The molecule has 0 aliphatic rings. The van der Waals surface area contributed by atoms with E-state index >= 15 is 0 Å². The van der Waals surface area contributed by atoms with Crippen LogP contribution in [0, 0.1) is 6.92 Å². The molecule has 10 nitrogen and oxygen atoms in total. The topological polar surface area (TPSA) is 153 Å². The van der Waals surface area contributed by atoms with Gasteiger partial charge >= 0.3 is 0 Å². The molecule has 1 aromatic carbocycles. The van der Waals surface area contributed by atoms with Crippen molar-refractivity contribution in [2.45, 2.75) is 138 Å². The van der Waals surface area contributed by atoms with Crippen LogP contribution in [-0.4, -0.2) is 32.0 Å². The van der Waals surface area contributed by atoms with E-state index in [1.165, 1.54) is 29.1 Å². The Labute approximate surface area is 348 Å². The Kier molecular flexibility index (Phi) is 18.6. The smallest absolute Gasteiger partial charge is 0.254 e. The van der Waals surface area contributed by atoms with Gasteiger partial charge < -0.3 is 11.5 Å². The summed E-state index contributed by atoms with van der Waals surface area (Å²) in [6, 6.07) is 18.3. The third-order valence-corrected chi connectivity index (χ3v) is 8.69. The van der Waals surface area contributed by atoms with Gasteiger partial charge in [0.25, 0.3) is 5.91 Å². The van der Waals surface area contributed by atoms with E-state index in [4.69, 9.17) is 11.5 Å². The maximum absolute atomic E-state index is 10.9. The van der Waals surface area contributed by atoms with Crippen molar-refractivity contribution in [3.05, 3.63) is 149 Å². The number of hydrogen-bond acceptors (Lipinski definition) is 6. The van der Waals surface area contributed by atoms with Crippen LogP contribution in [-0.2, 0) is 27.2 Å². The second-order valence-electron chi connectivity index (χ2n) is 19.3. The first kappa shape index (κ1) is 50.5. The van der Waals surface area contributed by atoms with Gasteiger partial charge in [-0.1, -0.05) is 119 Å². The van der Waals surface area contributed by atoms with Crippen molar-refractivity contribution in [3.63, 3.8) is 0 Å². The van der Waals surface area contributed by atoms with Gasteiger partial charge in [0.15, 0.2) is 17.9 Å². The van der Waals surface area contributed by atoms with Crippen LogP contribution >= 0.6 is 0 Å². The van der Waals surface area contributed by atoms with Crippen molar-refractivity contribution in [1.82, 2.24) is 15.0 Å². The molecule has 5 N–H and O–H groups in total. The molecule has 0 aliphatic carbocycles. The molecule has 314 valence electrons. The number of hydrogen-bond donors (Lipinski definition) is 3. The van der Waals surface area contributed by atoms with E-state index in [0.29, 0.717) is 11.1 Å². The highest BCUT2D eigenvalue weighted by Crippen LogP contribution is 2.24. The zero-order valence-electron chi connectivity index (χ0n) is 38.0. The molecule has 5 aromatic rings. The van der Waals surface area contributed by atoms with Gasteiger partial charge in [-0.15, -0.1) is 0 Å². The quantitative estimate of drug-likeness (QED) is 0.120. The van der Waals surface area contributed by atoms with E-state index in [2.05, 4.69) is 146 Å². The molecule has 4 aromatic heterocycles. The number of pyridine rings is 3. The Morgan fingerprint density at radius 1 is 0.534 bits per heavy atom. The normalized spacial score (nSPS) is 11.4. The van der Waals surface area contributed by atoms with Crippen LogP contribution in [0.2, 0.25) is 0 Å². The average Bonchev–Trinajstić information content (AvgIpc) is 3.11. The molecule has 58 heavy (non-hydrogen) atoms. The molecule has 0 fully saturated rings. The first-order valence-electron chi connectivity index (χ1n) is 19.5. The Balaban J connectivity index is 0.000000365. The lowest BCUT2D eigenvalue weighted by molar-refractivity contribution is -0.905. The second kappa shape index (κ2) is 21.3. The van der Waals surface area contributed by atoms with Crippen LogP contribution in [0.15, 0.2) is 110 Å². The van der Waals surface area contributed by atoms with Crippen LogP contribution in [0.1, 0.15) is 152 Å². The van der Waals surface area contributed by atoms with E-state index in [1.807, 2.05) is 51.4 Å². The number of rotatable bonds is 2. The molecule has 0 saturated carbocycles. The summed E-state index contributed by atoms with van der Waals surface area (Å²) in [6.07, 6.45) is 15.5. The highest BCUT2D eigenvalue weighted by Gasteiger charge is 2.21. The van der Waals surface area contributed by atoms with E-state index < -0.39 is 11.8 Å². The number of carbonyl (C=O) groups is 2. The second-order valence-corrected chi connectivity index (χ2v) is 19.3. The third-order valence-electron chi connectivity index (χ3n) is 8.69. The van der Waals surface area contributed by atoms with Gasteiger partial charge in [0.05, 0.1) is 5.56 Å². The van der Waals surface area contributed by atoms with E-state index in [0.717, 1.165) is 15.9 Å². The predicted octanol–water partition coefficient (Wildman–Crippen LogP) is 8.88. The zero-order chi connectivity index (χ0) is 44.7. The number of primary amides is 2. The van der Waals surface area contributed by atoms with Crippen LogP contribution < -0.4 is 20.8 Å². The molecule has 0 atom stereocenters. The molecule has 4 heterocycles. The van der Waals surface area contributed by atoms with Crippen LogP contribution in [0.3, 0.4) is 0 Å². The first-order chi connectivity index (χ1) is 26.4. The number of aromatic nitrogens is 5. The molecular formula is C48H71N7O3+2. The molecule has 5 rings (SSSR count). The summed E-state index contributed by atoms with van der Waals surface area (Å²) in [4.78, 5) is 33.6. The number of benzene rings is 1. The lowest BCUT2D eigenvalue weighted by Crippen LogP contribution is -2.49. The lowest BCUT2D eigenvalue weighted by Gasteiger charge is -2.19. The maximum atomic E-state index is 10.9. The molecule has 0 saturated heterocycles. The van der Waals surface area contributed by atoms with Gasteiger partial charge in [-0.05, 0) is 57.4 Å². The van der Waals surface area contributed by atoms with E-state index in [-0.39, 0.29) is 27.2 Å². The fourth-order valence-corrected chi connectivity index (χ4v) is 4.74. The molecule has 0 radical (unpaired) electrons. The fraction of sp³-hybridized carbons (Fsp3) is 0.438. The molecular weight excluding hydrogens is 723 g/mol. The van der Waals surface area contributed by atoms with Gasteiger partial charge in [0, 0.05) is 68.0 Å². The van der Waals surface area contributed by atoms with Crippen LogP contribution in [0.25, 0.3) is 0 Å². The minimum Gasteiger partial charge on any atom is -0.366 e. The van der Waals surface area contributed by atoms with Crippen LogP contribution in [0.4, 0.5) is 0 Å². The number of carbonyl (C=O) groups excluding carboxylic acids is 2. The van der Waals surface area contributed by atoms with Crippen molar-refractivity contribution in [1.29, 1.82) is 0 Å². The Bertz CT molecular complexity index is 1960. The summed E-state index contributed by atoms with van der Waals surface area (Å²) in [5.41, 5.74) is 17.4. The number of nitrogens with two attached hydrogens (primary N) is 2. The van der Waals surface area contributed by atoms with Crippen molar-refractivity contribution in [2.75, 3.05) is 0 Å². The number of nitrogens with zero attached hydrogens (tertiary/aromatic N) is 5. The van der Waals surface area contributed by atoms with Gasteiger partial charge in [-0.25, -0.2) is 14.5 Å². The molecule has 10 heteroatoms. The highest BCUT2D eigenvalue weighted by atomic mass is 16.5. The minimum atomic E-state index is -0.543. The Morgan fingerprint density at radius 3 is 1.38 bits per heavy atom. The van der Waals surface area contributed by atoms with Gasteiger partial charge in [-0.2, -0.15) is 0 Å². The van der Waals surface area contributed by atoms with Crippen LogP contribution in [0.5, 0.6) is 0 Å². The predicted molar refractivity (Wildman–Crippen MR) is 235 cm³/mol. The van der Waals surface area contributed by atoms with Crippen molar-refractivity contribution in [3.8, 4) is 0 Å². The molecule has 0 bridgehead atoms. The molecule has 0 unspecified atom stereocenters. The number of aryl methyl sites for hydroxylation is 1. The first-order valence-corrected chi connectivity index (χ1v) is 19.5. The monoisotopic (exact) mass is 794 g/mol. The van der Waals surface area contributed by atoms with Crippen molar-refractivity contribution in [2.24, 2.45) is 11.5 Å². The van der Waals surface area contributed by atoms with E-state index in [9.17, 15) is 14.8 Å². The molecule has 0 spiro atoms. The van der Waals surface area contributed by atoms with Gasteiger partial charge in [0.1, 0.15) is 11.9 Å². The van der Waals surface area contributed by atoms with Gasteiger partial charge in [-0.3, -0.25) is 19.8 Å². The Morgan fingerprint density at radius 2 is 1.00 bits per heavy atom. The fourth-order valence-electron chi connectivity index (χ4n) is 4.74. The SMILES string of the molecule is CC(C)(C)[n+]1ccccc1.CC(C)(C)c1cc(C(N)=O)c[n+](O)c1.CC(C)(C)c1cncc(C(N)=O)c1.CC(C)(C)c1cncnc1.Cc1cccc(C(C)(C)C)c1. The summed E-state index contributed by atoms with van der Waals surface area (Å²) < 4.78 is 3.05. The average molecular weight is 794 g/mol. The Hall–Kier alpha value is -5.51. The summed E-state index contributed by atoms with van der Waals surface area (Å²) in [5, 5.41) is 9.32.